The van der Waals surface area contributed by atoms with E-state index in [1.165, 1.54) is 6.20 Å². The number of ether oxygens (including phenoxy) is 1. The fourth-order valence-corrected chi connectivity index (χ4v) is 1.71. The third-order valence-corrected chi connectivity index (χ3v) is 2.87. The van der Waals surface area contributed by atoms with Gasteiger partial charge in [-0.15, -0.1) is 0 Å². The highest BCUT2D eigenvalue weighted by atomic mass is 16.5. The number of benzene rings is 1. The van der Waals surface area contributed by atoms with Gasteiger partial charge < -0.3 is 10.1 Å². The predicted octanol–water partition coefficient (Wildman–Crippen LogP) is 2.56. The third-order valence-electron chi connectivity index (χ3n) is 2.87. The van der Waals surface area contributed by atoms with Crippen LogP contribution < -0.4 is 5.32 Å². The van der Waals surface area contributed by atoms with Crippen LogP contribution in [0.4, 0.5) is 4.79 Å². The molecule has 0 saturated heterocycles. The third kappa shape index (κ3) is 6.02. The zero-order chi connectivity index (χ0) is 16.3. The first-order chi connectivity index (χ1) is 11.3. The average molecular weight is 308 g/mol. The van der Waals surface area contributed by atoms with Gasteiger partial charge in [-0.05, 0) is 17.7 Å². The molecule has 1 amide bonds. The van der Waals surface area contributed by atoms with Crippen molar-refractivity contribution in [3.8, 4) is 11.8 Å². The summed E-state index contributed by atoms with van der Waals surface area (Å²) in [5.41, 5.74) is 2.04. The molecule has 2 aromatic rings. The normalized spacial score (nSPS) is 9.39. The number of nitrogens with zero attached hydrogens (tertiary/aromatic N) is 1. The Bertz CT molecular complexity index is 701. The minimum absolute atomic E-state index is 0.243. The van der Waals surface area contributed by atoms with Crippen molar-refractivity contribution >= 4 is 12.4 Å². The van der Waals surface area contributed by atoms with E-state index < -0.39 is 6.09 Å². The van der Waals surface area contributed by atoms with E-state index in [1.54, 1.807) is 12.1 Å². The number of amides is 1. The van der Waals surface area contributed by atoms with Crippen molar-refractivity contribution in [2.75, 3.05) is 6.54 Å². The van der Waals surface area contributed by atoms with Crippen molar-refractivity contribution in [3.05, 3.63) is 65.5 Å². The van der Waals surface area contributed by atoms with Gasteiger partial charge in [0.1, 0.15) is 12.3 Å². The molecule has 0 saturated carbocycles. The monoisotopic (exact) mass is 308 g/mol. The summed E-state index contributed by atoms with van der Waals surface area (Å²) in [6, 6.07) is 12.8. The number of carbonyl (C=O) groups excluding carboxylic acids is 2. The van der Waals surface area contributed by atoms with Crippen molar-refractivity contribution < 1.29 is 14.3 Å². The Morgan fingerprint density at radius 3 is 2.74 bits per heavy atom. The van der Waals surface area contributed by atoms with E-state index in [-0.39, 0.29) is 6.61 Å². The van der Waals surface area contributed by atoms with Gasteiger partial charge in [-0.2, -0.15) is 0 Å². The molecule has 0 aliphatic carbocycles. The number of hydrogen-bond donors (Lipinski definition) is 1. The maximum absolute atomic E-state index is 11.5. The number of pyridine rings is 1. The summed E-state index contributed by atoms with van der Waals surface area (Å²) in [5, 5.41) is 2.63. The number of carbonyl (C=O) groups is 2. The van der Waals surface area contributed by atoms with Crippen LogP contribution >= 0.6 is 0 Å². The van der Waals surface area contributed by atoms with E-state index >= 15 is 0 Å². The van der Waals surface area contributed by atoms with E-state index in [0.717, 1.165) is 11.1 Å². The molecule has 1 N–H and O–H groups in total. The van der Waals surface area contributed by atoms with Crippen LogP contribution in [0.25, 0.3) is 0 Å². The Morgan fingerprint density at radius 1 is 1.22 bits per heavy atom. The summed E-state index contributed by atoms with van der Waals surface area (Å²) >= 11 is 0. The predicted molar refractivity (Wildman–Crippen MR) is 85.7 cm³/mol. The van der Waals surface area contributed by atoms with Crippen LogP contribution in [0.15, 0.2) is 48.7 Å². The molecule has 23 heavy (non-hydrogen) atoms. The molecule has 0 bridgehead atoms. The lowest BCUT2D eigenvalue weighted by molar-refractivity contribution is 0.111. The maximum atomic E-state index is 11.5. The second-order valence-electron chi connectivity index (χ2n) is 4.63. The highest BCUT2D eigenvalue weighted by Crippen LogP contribution is 2.00. The van der Waals surface area contributed by atoms with Crippen LogP contribution in [-0.4, -0.2) is 23.9 Å². The topological polar surface area (TPSA) is 68.3 Å². The molecular weight excluding hydrogens is 292 g/mol. The number of aromatic nitrogens is 1. The van der Waals surface area contributed by atoms with Gasteiger partial charge in [0.25, 0.3) is 0 Å². The summed E-state index contributed by atoms with van der Waals surface area (Å²) in [4.78, 5) is 25.9. The van der Waals surface area contributed by atoms with E-state index in [4.69, 9.17) is 4.74 Å². The quantitative estimate of drug-likeness (QED) is 0.523. The number of hydrogen-bond acceptors (Lipinski definition) is 4. The van der Waals surface area contributed by atoms with Crippen molar-refractivity contribution in [3.63, 3.8) is 0 Å². The summed E-state index contributed by atoms with van der Waals surface area (Å²) < 4.78 is 5.08. The van der Waals surface area contributed by atoms with E-state index in [1.807, 2.05) is 30.3 Å². The largest absolute Gasteiger partial charge is 0.445 e. The molecule has 1 aromatic heterocycles. The summed E-state index contributed by atoms with van der Waals surface area (Å²) in [7, 11) is 0. The van der Waals surface area contributed by atoms with Gasteiger partial charge in [0.15, 0.2) is 6.29 Å². The lowest BCUT2D eigenvalue weighted by atomic mass is 10.2. The number of aldehydes is 1. The molecule has 0 radical (unpaired) electrons. The highest BCUT2D eigenvalue weighted by molar-refractivity contribution is 5.71. The van der Waals surface area contributed by atoms with Gasteiger partial charge >= 0.3 is 6.09 Å². The molecule has 1 heterocycles. The molecule has 1 aromatic carbocycles. The number of nitrogens with one attached hydrogen (secondary N) is 1. The van der Waals surface area contributed by atoms with Gasteiger partial charge in [0.2, 0.25) is 0 Å². The minimum atomic E-state index is -0.465. The molecule has 0 atom stereocenters. The van der Waals surface area contributed by atoms with E-state index in [2.05, 4.69) is 22.1 Å². The Balaban J connectivity index is 1.65. The van der Waals surface area contributed by atoms with Gasteiger partial charge in [-0.25, -0.2) is 4.79 Å². The summed E-state index contributed by atoms with van der Waals surface area (Å²) in [6.45, 7) is 0.646. The van der Waals surface area contributed by atoms with Crippen molar-refractivity contribution in [2.45, 2.75) is 13.0 Å². The molecule has 2 rings (SSSR count). The second kappa shape index (κ2) is 9.00. The molecule has 0 aliphatic heterocycles. The molecule has 5 heteroatoms. The fraction of sp³-hybridized carbons (Fsp3) is 0.167. The van der Waals surface area contributed by atoms with Gasteiger partial charge in [-0.1, -0.05) is 42.2 Å². The van der Waals surface area contributed by atoms with Crippen LogP contribution in [0.2, 0.25) is 0 Å². The Kier molecular flexibility index (Phi) is 6.36. The van der Waals surface area contributed by atoms with Crippen LogP contribution in [0.5, 0.6) is 0 Å². The van der Waals surface area contributed by atoms with E-state index in [0.29, 0.717) is 24.9 Å². The van der Waals surface area contributed by atoms with Gasteiger partial charge in [0.05, 0.1) is 0 Å². The molecule has 0 aliphatic rings. The first-order valence-electron chi connectivity index (χ1n) is 7.12. The molecule has 0 spiro atoms. The van der Waals surface area contributed by atoms with Crippen LogP contribution in [0.1, 0.15) is 28.0 Å². The molecule has 5 nitrogen and oxygen atoms in total. The van der Waals surface area contributed by atoms with Crippen LogP contribution in [0, 0.1) is 11.8 Å². The van der Waals surface area contributed by atoms with Crippen molar-refractivity contribution in [2.24, 2.45) is 0 Å². The fourth-order valence-electron chi connectivity index (χ4n) is 1.71. The Labute approximate surface area is 134 Å². The second-order valence-corrected chi connectivity index (χ2v) is 4.63. The molecule has 116 valence electrons. The summed E-state index contributed by atoms with van der Waals surface area (Å²) in [5.74, 6) is 5.83. The van der Waals surface area contributed by atoms with Gasteiger partial charge in [0, 0.05) is 24.7 Å². The van der Waals surface area contributed by atoms with Crippen LogP contribution in [-0.2, 0) is 11.3 Å². The average Bonchev–Trinajstić information content (AvgIpc) is 2.61. The molecule has 0 unspecified atom stereocenters. The van der Waals surface area contributed by atoms with Gasteiger partial charge in [-0.3, -0.25) is 9.78 Å². The highest BCUT2D eigenvalue weighted by Gasteiger charge is 2.00. The summed E-state index contributed by atoms with van der Waals surface area (Å²) in [6.07, 6.45) is 2.25. The SMILES string of the molecule is O=Cc1ccc(C#CCCNC(=O)OCc2ccccc2)cn1. The first kappa shape index (κ1) is 16.2. The minimum Gasteiger partial charge on any atom is -0.445 e. The lowest BCUT2D eigenvalue weighted by Gasteiger charge is -2.05. The zero-order valence-electron chi connectivity index (χ0n) is 12.5. The van der Waals surface area contributed by atoms with Crippen molar-refractivity contribution in [1.29, 1.82) is 0 Å². The Hall–Kier alpha value is -3.13. The number of alkyl carbamates (subject to hydrolysis) is 1. The maximum Gasteiger partial charge on any atom is 0.407 e. The molecule has 0 fully saturated rings. The first-order valence-corrected chi connectivity index (χ1v) is 7.12. The standard InChI is InChI=1S/C18H16N2O3/c21-13-17-10-9-15(12-20-17)6-4-5-11-19-18(22)23-14-16-7-2-1-3-8-16/h1-3,7-10,12-13H,5,11,14H2,(H,19,22). The zero-order valence-corrected chi connectivity index (χ0v) is 12.5. The van der Waals surface area contributed by atoms with E-state index in [9.17, 15) is 9.59 Å². The molecular formula is C18H16N2O3. The number of rotatable bonds is 5. The van der Waals surface area contributed by atoms with Crippen molar-refractivity contribution in [1.82, 2.24) is 10.3 Å². The van der Waals surface area contributed by atoms with Crippen LogP contribution in [0.3, 0.4) is 0 Å². The Morgan fingerprint density at radius 2 is 2.04 bits per heavy atom. The lowest BCUT2D eigenvalue weighted by Crippen LogP contribution is -2.24. The smallest absolute Gasteiger partial charge is 0.407 e.